The number of halogens is 1. The highest BCUT2D eigenvalue weighted by molar-refractivity contribution is 6.34. The highest BCUT2D eigenvalue weighted by Gasteiger charge is 2.13. The molecule has 0 aliphatic heterocycles. The van der Waals surface area contributed by atoms with Crippen molar-refractivity contribution in [2.75, 3.05) is 0 Å². The Hall–Kier alpha value is -1.35. The topological polar surface area (TPSA) is 30.7 Å². The lowest BCUT2D eigenvalue weighted by molar-refractivity contribution is 0.549. The van der Waals surface area contributed by atoms with Gasteiger partial charge < -0.3 is 0 Å². The van der Waals surface area contributed by atoms with Crippen LogP contribution in [0.4, 0.5) is 0 Å². The van der Waals surface area contributed by atoms with Crippen LogP contribution < -0.4 is 0 Å². The van der Waals surface area contributed by atoms with Gasteiger partial charge in [0, 0.05) is 12.2 Å². The molecule has 2 aromatic rings. The quantitative estimate of drug-likeness (QED) is 0.729. The zero-order valence-corrected chi connectivity index (χ0v) is 9.49. The predicted molar refractivity (Wildman–Crippen MR) is 63.0 cm³/mol. The van der Waals surface area contributed by atoms with E-state index in [1.807, 2.05) is 10.7 Å². The van der Waals surface area contributed by atoms with Crippen LogP contribution in [0.25, 0.3) is 17.0 Å². The smallest absolute Gasteiger partial charge is 0.140 e. The minimum Gasteiger partial charge on any atom is -0.262 e. The molecular formula is C11H12ClN3. The minimum absolute atomic E-state index is 0.291. The van der Waals surface area contributed by atoms with Crippen molar-refractivity contribution < 1.29 is 0 Å². The van der Waals surface area contributed by atoms with Gasteiger partial charge in [0.15, 0.2) is 0 Å². The molecule has 0 aliphatic rings. The molecule has 0 aliphatic carbocycles. The third-order valence-corrected chi connectivity index (χ3v) is 2.57. The Kier molecular flexibility index (Phi) is 2.49. The van der Waals surface area contributed by atoms with Crippen molar-refractivity contribution in [1.29, 1.82) is 0 Å². The molecule has 0 radical (unpaired) electrons. The van der Waals surface area contributed by atoms with Gasteiger partial charge in [-0.15, -0.1) is 0 Å². The maximum absolute atomic E-state index is 6.05. The highest BCUT2D eigenvalue weighted by Crippen LogP contribution is 2.27. The average molecular weight is 222 g/mol. The first-order valence-corrected chi connectivity index (χ1v) is 5.18. The highest BCUT2D eigenvalue weighted by atomic mass is 35.5. The summed E-state index contributed by atoms with van der Waals surface area (Å²) in [5.74, 6) is 0. The molecule has 0 spiro atoms. The second-order valence-corrected chi connectivity index (χ2v) is 3.98. The number of hydrogen-bond donors (Lipinski definition) is 0. The Morgan fingerprint density at radius 2 is 2.27 bits per heavy atom. The third-order valence-electron chi connectivity index (χ3n) is 2.28. The summed E-state index contributed by atoms with van der Waals surface area (Å²) in [6.45, 7) is 7.89. The summed E-state index contributed by atoms with van der Waals surface area (Å²) in [6, 6.07) is 2.21. The van der Waals surface area contributed by atoms with Crippen LogP contribution >= 0.6 is 11.6 Å². The van der Waals surface area contributed by atoms with Crippen LogP contribution in [0.5, 0.6) is 0 Å². The number of pyridine rings is 1. The van der Waals surface area contributed by atoms with E-state index in [1.165, 1.54) is 0 Å². The Bertz CT molecular complexity index is 514. The fraction of sp³-hybridized carbons (Fsp3) is 0.273. The van der Waals surface area contributed by atoms with Crippen molar-refractivity contribution in [1.82, 2.24) is 14.8 Å². The molecule has 15 heavy (non-hydrogen) atoms. The summed E-state index contributed by atoms with van der Waals surface area (Å²) in [5.41, 5.74) is 1.79. The molecule has 0 N–H and O–H groups in total. The van der Waals surface area contributed by atoms with E-state index in [0.717, 1.165) is 16.6 Å². The van der Waals surface area contributed by atoms with Crippen LogP contribution in [-0.2, 0) is 0 Å². The second-order valence-electron chi connectivity index (χ2n) is 3.62. The van der Waals surface area contributed by atoms with Gasteiger partial charge in [-0.1, -0.05) is 18.2 Å². The van der Waals surface area contributed by atoms with Gasteiger partial charge in [0.25, 0.3) is 0 Å². The van der Waals surface area contributed by atoms with Crippen molar-refractivity contribution in [3.05, 3.63) is 29.7 Å². The molecule has 0 atom stereocenters. The van der Waals surface area contributed by atoms with Crippen LogP contribution in [0.15, 0.2) is 18.8 Å². The molecule has 0 saturated heterocycles. The lowest BCUT2D eigenvalue weighted by Gasteiger charge is -2.06. The summed E-state index contributed by atoms with van der Waals surface area (Å²) in [6.07, 6.45) is 3.40. The Balaban J connectivity index is 2.87. The molecule has 0 aromatic carbocycles. The molecule has 0 unspecified atom stereocenters. The van der Waals surface area contributed by atoms with Crippen molar-refractivity contribution in [3.63, 3.8) is 0 Å². The number of rotatable bonds is 2. The van der Waals surface area contributed by atoms with Crippen molar-refractivity contribution in [2.45, 2.75) is 19.9 Å². The molecule has 4 heteroatoms. The molecular weight excluding hydrogens is 210 g/mol. The van der Waals surface area contributed by atoms with Gasteiger partial charge in [0.2, 0.25) is 0 Å². The summed E-state index contributed by atoms with van der Waals surface area (Å²) in [5, 5.41) is 5.80. The fourth-order valence-electron chi connectivity index (χ4n) is 1.61. The first-order chi connectivity index (χ1) is 7.15. The third kappa shape index (κ3) is 1.53. The normalized spacial score (nSPS) is 11.2. The number of fused-ring (bicyclic) bond motifs is 1. The average Bonchev–Trinajstić information content (AvgIpc) is 2.58. The standard InChI is InChI=1S/C11H12ClN3/c1-4-8-10-9(5-6-13-11(10)12)15(14-8)7(2)3/h4-7H,1H2,2-3H3. The van der Waals surface area contributed by atoms with Gasteiger partial charge >= 0.3 is 0 Å². The van der Waals surface area contributed by atoms with Gasteiger partial charge in [-0.05, 0) is 26.0 Å². The van der Waals surface area contributed by atoms with Gasteiger partial charge in [-0.2, -0.15) is 5.10 Å². The summed E-state index contributed by atoms with van der Waals surface area (Å²) < 4.78 is 1.93. The van der Waals surface area contributed by atoms with Crippen LogP contribution in [0.3, 0.4) is 0 Å². The summed E-state index contributed by atoms with van der Waals surface area (Å²) >= 11 is 6.05. The Morgan fingerprint density at radius 3 is 2.87 bits per heavy atom. The molecule has 2 aromatic heterocycles. The van der Waals surface area contributed by atoms with Crippen molar-refractivity contribution in [3.8, 4) is 0 Å². The van der Waals surface area contributed by atoms with Gasteiger partial charge in [-0.25, -0.2) is 4.98 Å². The van der Waals surface area contributed by atoms with Gasteiger partial charge in [0.05, 0.1) is 16.6 Å². The zero-order valence-electron chi connectivity index (χ0n) is 8.74. The van der Waals surface area contributed by atoms with E-state index in [4.69, 9.17) is 11.6 Å². The lowest BCUT2D eigenvalue weighted by Crippen LogP contribution is -2.02. The van der Waals surface area contributed by atoms with Crippen LogP contribution in [-0.4, -0.2) is 14.8 Å². The molecule has 0 amide bonds. The molecule has 0 bridgehead atoms. The van der Waals surface area contributed by atoms with Gasteiger partial charge in [0.1, 0.15) is 5.15 Å². The van der Waals surface area contributed by atoms with E-state index in [2.05, 4.69) is 30.5 Å². The number of hydrogen-bond acceptors (Lipinski definition) is 2. The first-order valence-electron chi connectivity index (χ1n) is 4.80. The Labute approximate surface area is 93.4 Å². The van der Waals surface area contributed by atoms with Gasteiger partial charge in [-0.3, -0.25) is 4.68 Å². The summed E-state index contributed by atoms with van der Waals surface area (Å²) in [7, 11) is 0. The summed E-state index contributed by atoms with van der Waals surface area (Å²) in [4.78, 5) is 4.05. The monoisotopic (exact) mass is 221 g/mol. The van der Waals surface area contributed by atoms with Crippen molar-refractivity contribution in [2.24, 2.45) is 0 Å². The SMILES string of the molecule is C=Cc1nn(C(C)C)c2ccnc(Cl)c12. The molecule has 2 rings (SSSR count). The maximum Gasteiger partial charge on any atom is 0.140 e. The predicted octanol–water partition coefficient (Wildman–Crippen LogP) is 3.31. The first kappa shape index (κ1) is 10.2. The molecule has 2 heterocycles. The molecule has 0 fully saturated rings. The van der Waals surface area contributed by atoms with Crippen LogP contribution in [0.2, 0.25) is 5.15 Å². The van der Waals surface area contributed by atoms with E-state index >= 15 is 0 Å². The second kappa shape index (κ2) is 3.66. The zero-order chi connectivity index (χ0) is 11.0. The van der Waals surface area contributed by atoms with E-state index < -0.39 is 0 Å². The van der Waals surface area contributed by atoms with E-state index in [-0.39, 0.29) is 0 Å². The molecule has 0 saturated carbocycles. The number of nitrogens with zero attached hydrogens (tertiary/aromatic N) is 3. The fourth-order valence-corrected chi connectivity index (χ4v) is 1.86. The maximum atomic E-state index is 6.05. The molecule has 78 valence electrons. The van der Waals surface area contributed by atoms with E-state index in [1.54, 1.807) is 12.3 Å². The van der Waals surface area contributed by atoms with Crippen molar-refractivity contribution >= 4 is 28.6 Å². The Morgan fingerprint density at radius 1 is 1.53 bits per heavy atom. The minimum atomic E-state index is 0.291. The molecule has 3 nitrogen and oxygen atoms in total. The van der Waals surface area contributed by atoms with Crippen LogP contribution in [0, 0.1) is 0 Å². The number of aromatic nitrogens is 3. The largest absolute Gasteiger partial charge is 0.262 e. The van der Waals surface area contributed by atoms with E-state index in [0.29, 0.717) is 11.2 Å². The van der Waals surface area contributed by atoms with E-state index in [9.17, 15) is 0 Å². The van der Waals surface area contributed by atoms with Crippen LogP contribution in [0.1, 0.15) is 25.6 Å². The lowest BCUT2D eigenvalue weighted by atomic mass is 10.2.